The summed E-state index contributed by atoms with van der Waals surface area (Å²) in [6.07, 6.45) is 6.98. The molecule has 0 unspecified atom stereocenters. The van der Waals surface area contributed by atoms with Crippen LogP contribution in [-0.2, 0) is 5.41 Å². The molecule has 2 rings (SSSR count). The van der Waals surface area contributed by atoms with E-state index in [1.165, 1.54) is 31.3 Å². The third kappa shape index (κ3) is 4.36. The molecule has 2 amide bonds. The average molecular weight is 300 g/mol. The Morgan fingerprint density at radius 3 is 2.45 bits per heavy atom. The molecule has 3 nitrogen and oxygen atoms in total. The van der Waals surface area contributed by atoms with E-state index in [2.05, 4.69) is 44.4 Å². The summed E-state index contributed by atoms with van der Waals surface area (Å²) < 4.78 is 0. The molecule has 1 saturated carbocycles. The Morgan fingerprint density at radius 1 is 1.18 bits per heavy atom. The molecule has 0 heterocycles. The van der Waals surface area contributed by atoms with Gasteiger partial charge < -0.3 is 10.6 Å². The second-order valence-corrected chi connectivity index (χ2v) is 7.26. The van der Waals surface area contributed by atoms with Crippen LogP contribution in [-0.4, -0.2) is 6.03 Å². The van der Waals surface area contributed by atoms with Crippen molar-refractivity contribution in [3.8, 4) is 0 Å². The zero-order valence-corrected chi connectivity index (χ0v) is 14.2. The number of para-hydroxylation sites is 1. The minimum Gasteiger partial charge on any atom is -0.314 e. The molecule has 22 heavy (non-hydrogen) atoms. The highest BCUT2D eigenvalue weighted by Crippen LogP contribution is 2.30. The molecule has 0 spiro atoms. The van der Waals surface area contributed by atoms with Gasteiger partial charge in [0.05, 0.1) is 0 Å². The van der Waals surface area contributed by atoms with Crippen LogP contribution in [0.3, 0.4) is 0 Å². The van der Waals surface area contributed by atoms with Gasteiger partial charge in [0.25, 0.3) is 0 Å². The van der Waals surface area contributed by atoms with Crippen molar-refractivity contribution in [2.45, 2.75) is 58.8 Å². The molecule has 1 aliphatic rings. The Morgan fingerprint density at radius 2 is 1.82 bits per heavy atom. The highest BCUT2D eigenvalue weighted by molar-refractivity contribution is 5.91. The first-order valence-corrected chi connectivity index (χ1v) is 8.21. The Hall–Kier alpha value is -1.77. The predicted molar refractivity (Wildman–Crippen MR) is 93.0 cm³/mol. The van der Waals surface area contributed by atoms with Crippen molar-refractivity contribution >= 4 is 11.7 Å². The minimum absolute atomic E-state index is 0.000519. The van der Waals surface area contributed by atoms with Crippen molar-refractivity contribution in [1.82, 2.24) is 5.32 Å². The van der Waals surface area contributed by atoms with Gasteiger partial charge in [0.15, 0.2) is 0 Å². The summed E-state index contributed by atoms with van der Waals surface area (Å²) in [4.78, 5) is 12.1. The lowest BCUT2D eigenvalue weighted by molar-refractivity contribution is 0.255. The van der Waals surface area contributed by atoms with Crippen molar-refractivity contribution < 1.29 is 4.79 Å². The molecule has 1 aromatic rings. The van der Waals surface area contributed by atoms with E-state index in [1.807, 2.05) is 24.4 Å². The molecular formula is C19H28N2O. The van der Waals surface area contributed by atoms with Crippen molar-refractivity contribution in [3.05, 3.63) is 41.6 Å². The smallest absolute Gasteiger partial charge is 0.314 e. The number of anilines is 1. The first-order valence-electron chi connectivity index (χ1n) is 8.21. The fourth-order valence-electron chi connectivity index (χ4n) is 3.08. The quantitative estimate of drug-likeness (QED) is 0.791. The van der Waals surface area contributed by atoms with Crippen molar-refractivity contribution in [2.75, 3.05) is 5.32 Å². The minimum atomic E-state index is -0.172. The molecule has 0 aliphatic heterocycles. The van der Waals surface area contributed by atoms with E-state index in [1.54, 1.807) is 0 Å². The molecule has 0 radical (unpaired) electrons. The number of amides is 2. The average Bonchev–Trinajstić information content (AvgIpc) is 2.98. The van der Waals surface area contributed by atoms with Gasteiger partial charge in [-0.2, -0.15) is 0 Å². The number of hydrogen-bond donors (Lipinski definition) is 2. The molecule has 1 aromatic carbocycles. The Kier molecular flexibility index (Phi) is 5.28. The second kappa shape index (κ2) is 6.99. The van der Waals surface area contributed by atoms with Gasteiger partial charge in [0.1, 0.15) is 0 Å². The van der Waals surface area contributed by atoms with Crippen LogP contribution in [0, 0.1) is 5.92 Å². The van der Waals surface area contributed by atoms with Crippen LogP contribution in [0.5, 0.6) is 0 Å². The lowest BCUT2D eigenvalue weighted by Crippen LogP contribution is -2.26. The molecule has 1 aliphatic carbocycles. The number of benzene rings is 1. The molecule has 0 atom stereocenters. The molecule has 120 valence electrons. The van der Waals surface area contributed by atoms with Crippen LogP contribution < -0.4 is 10.6 Å². The summed E-state index contributed by atoms with van der Waals surface area (Å²) in [7, 11) is 0. The summed E-state index contributed by atoms with van der Waals surface area (Å²) in [6, 6.07) is 7.80. The van der Waals surface area contributed by atoms with E-state index >= 15 is 0 Å². The van der Waals surface area contributed by atoms with Crippen LogP contribution >= 0.6 is 0 Å². The maximum Gasteiger partial charge on any atom is 0.323 e. The van der Waals surface area contributed by atoms with Gasteiger partial charge in [0.2, 0.25) is 0 Å². The Labute approximate surface area is 134 Å². The van der Waals surface area contributed by atoms with Crippen LogP contribution in [0.1, 0.15) is 58.9 Å². The highest BCUT2D eigenvalue weighted by atomic mass is 16.2. The Balaban J connectivity index is 1.99. The normalized spacial score (nSPS) is 16.6. The van der Waals surface area contributed by atoms with E-state index in [4.69, 9.17) is 0 Å². The molecule has 0 aromatic heterocycles. The molecule has 2 N–H and O–H groups in total. The Bertz CT molecular complexity index is 549. The number of allylic oxidation sites excluding steroid dienone is 1. The van der Waals surface area contributed by atoms with Crippen LogP contribution in [0.4, 0.5) is 10.5 Å². The number of carbonyl (C=O) groups is 1. The lowest BCUT2D eigenvalue weighted by Gasteiger charge is -2.23. The van der Waals surface area contributed by atoms with E-state index < -0.39 is 0 Å². The van der Waals surface area contributed by atoms with Gasteiger partial charge in [-0.1, -0.05) is 57.4 Å². The van der Waals surface area contributed by atoms with Gasteiger partial charge in [-0.05, 0) is 42.7 Å². The summed E-state index contributed by atoms with van der Waals surface area (Å²) in [6.45, 7) is 8.56. The molecule has 0 saturated heterocycles. The van der Waals surface area contributed by atoms with Crippen LogP contribution in [0.15, 0.2) is 36.0 Å². The number of urea groups is 1. The maximum atomic E-state index is 12.1. The van der Waals surface area contributed by atoms with Gasteiger partial charge in [-0.3, -0.25) is 0 Å². The standard InChI is InChI=1S/C19H28N2O/c1-14(15-9-5-6-10-15)13-20-18(22)21-17-12-8-7-11-16(17)19(2,3)4/h7-8,11-13,15H,5-6,9-10H2,1-4H3,(H2,20,21,22)/b14-13+. The largest absolute Gasteiger partial charge is 0.323 e. The summed E-state index contributed by atoms with van der Waals surface area (Å²) in [5.41, 5.74) is 3.29. The van der Waals surface area contributed by atoms with Crippen LogP contribution in [0.25, 0.3) is 0 Å². The topological polar surface area (TPSA) is 41.1 Å². The fraction of sp³-hybridized carbons (Fsp3) is 0.526. The van der Waals surface area contributed by atoms with E-state index in [0.717, 1.165) is 11.3 Å². The number of rotatable bonds is 3. The van der Waals surface area contributed by atoms with Gasteiger partial charge >= 0.3 is 6.03 Å². The zero-order valence-electron chi connectivity index (χ0n) is 14.2. The molecule has 1 fully saturated rings. The van der Waals surface area contributed by atoms with Crippen molar-refractivity contribution in [1.29, 1.82) is 0 Å². The number of nitrogens with one attached hydrogen (secondary N) is 2. The maximum absolute atomic E-state index is 12.1. The van der Waals surface area contributed by atoms with Gasteiger partial charge in [-0.25, -0.2) is 4.79 Å². The summed E-state index contributed by atoms with van der Waals surface area (Å²) >= 11 is 0. The molecular weight excluding hydrogens is 272 g/mol. The van der Waals surface area contributed by atoms with Gasteiger partial charge in [0, 0.05) is 11.9 Å². The monoisotopic (exact) mass is 300 g/mol. The van der Waals surface area contributed by atoms with Crippen molar-refractivity contribution in [3.63, 3.8) is 0 Å². The fourth-order valence-corrected chi connectivity index (χ4v) is 3.08. The summed E-state index contributed by atoms with van der Waals surface area (Å²) in [5, 5.41) is 5.84. The van der Waals surface area contributed by atoms with E-state index in [-0.39, 0.29) is 11.4 Å². The van der Waals surface area contributed by atoms with Crippen molar-refractivity contribution in [2.24, 2.45) is 5.92 Å². The third-order valence-corrected chi connectivity index (χ3v) is 4.41. The first kappa shape index (κ1) is 16.6. The summed E-state index contributed by atoms with van der Waals surface area (Å²) in [5.74, 6) is 0.641. The SMILES string of the molecule is C/C(=C\NC(=O)Nc1ccccc1C(C)(C)C)C1CCCC1. The van der Waals surface area contributed by atoms with Crippen LogP contribution in [0.2, 0.25) is 0 Å². The number of carbonyl (C=O) groups excluding carboxylic acids is 1. The lowest BCUT2D eigenvalue weighted by atomic mass is 9.86. The molecule has 0 bridgehead atoms. The second-order valence-electron chi connectivity index (χ2n) is 7.26. The zero-order chi connectivity index (χ0) is 16.2. The highest BCUT2D eigenvalue weighted by Gasteiger charge is 2.19. The number of hydrogen-bond acceptors (Lipinski definition) is 1. The van der Waals surface area contributed by atoms with Gasteiger partial charge in [-0.15, -0.1) is 0 Å². The predicted octanol–water partition coefficient (Wildman–Crippen LogP) is 5.20. The third-order valence-electron chi connectivity index (χ3n) is 4.41. The molecule has 3 heteroatoms. The first-order chi connectivity index (χ1) is 10.4. The van der Waals surface area contributed by atoms with E-state index in [9.17, 15) is 4.79 Å². The van der Waals surface area contributed by atoms with E-state index in [0.29, 0.717) is 5.92 Å².